The number of ether oxygens (including phenoxy) is 2. The van der Waals surface area contributed by atoms with Gasteiger partial charge in [-0.25, -0.2) is 4.39 Å². The molecule has 1 unspecified atom stereocenters. The van der Waals surface area contributed by atoms with Gasteiger partial charge in [-0.05, 0) is 18.6 Å². The molecule has 112 valence electrons. The highest BCUT2D eigenvalue weighted by Crippen LogP contribution is 2.16. The quantitative estimate of drug-likeness (QED) is 0.781. The highest BCUT2D eigenvalue weighted by atomic mass is 19.1. The van der Waals surface area contributed by atoms with E-state index in [1.165, 1.54) is 13.2 Å². The summed E-state index contributed by atoms with van der Waals surface area (Å²) in [6.45, 7) is 5.90. The van der Waals surface area contributed by atoms with Crippen molar-refractivity contribution in [1.82, 2.24) is 5.32 Å². The maximum atomic E-state index is 13.4. The number of hydrogen-bond donors (Lipinski definition) is 1. The highest BCUT2D eigenvalue weighted by Gasteiger charge is 2.19. The average Bonchev–Trinajstić information content (AvgIpc) is 2.40. The molecule has 4 nitrogen and oxygen atoms in total. The summed E-state index contributed by atoms with van der Waals surface area (Å²) in [4.78, 5) is 11.6. The fourth-order valence-corrected chi connectivity index (χ4v) is 1.77. The molecule has 0 radical (unpaired) electrons. The zero-order valence-corrected chi connectivity index (χ0v) is 12.4. The average molecular weight is 283 g/mol. The number of methoxy groups -OCH3 is 1. The van der Waals surface area contributed by atoms with E-state index in [-0.39, 0.29) is 17.8 Å². The molecular weight excluding hydrogens is 261 g/mol. The summed E-state index contributed by atoms with van der Waals surface area (Å²) in [5.74, 6) is -0.161. The number of benzene rings is 1. The predicted molar refractivity (Wildman–Crippen MR) is 75.3 cm³/mol. The van der Waals surface area contributed by atoms with Crippen LogP contribution in [0.15, 0.2) is 18.2 Å². The molecule has 1 atom stereocenters. The van der Waals surface area contributed by atoms with Gasteiger partial charge in [0, 0.05) is 18.5 Å². The molecule has 0 bridgehead atoms. The van der Waals surface area contributed by atoms with Gasteiger partial charge in [0.05, 0.1) is 13.7 Å². The second-order valence-corrected chi connectivity index (χ2v) is 4.95. The molecule has 0 saturated carbocycles. The van der Waals surface area contributed by atoms with E-state index < -0.39 is 6.04 Å². The summed E-state index contributed by atoms with van der Waals surface area (Å²) in [6.07, 6.45) is 0.459. The Morgan fingerprint density at radius 2 is 2.10 bits per heavy atom. The van der Waals surface area contributed by atoms with Gasteiger partial charge in [-0.15, -0.1) is 0 Å². The summed E-state index contributed by atoms with van der Waals surface area (Å²) >= 11 is 0. The van der Waals surface area contributed by atoms with E-state index in [4.69, 9.17) is 9.47 Å². The van der Waals surface area contributed by atoms with Gasteiger partial charge in [0.25, 0.3) is 0 Å². The number of carbonyl (C=O) groups is 1. The van der Waals surface area contributed by atoms with Crippen LogP contribution in [-0.2, 0) is 9.53 Å². The molecule has 1 aromatic carbocycles. The first-order chi connectivity index (χ1) is 9.43. The third-order valence-corrected chi connectivity index (χ3v) is 2.84. The van der Waals surface area contributed by atoms with Crippen LogP contribution in [0.3, 0.4) is 0 Å². The Morgan fingerprint density at radius 1 is 1.40 bits per heavy atom. The summed E-state index contributed by atoms with van der Waals surface area (Å²) < 4.78 is 23.5. The molecule has 20 heavy (non-hydrogen) atoms. The SMILES string of the molecule is COC(=O)C(CCOc1ccc(C)c(F)c1)NC(C)C. The summed E-state index contributed by atoms with van der Waals surface area (Å²) in [5.41, 5.74) is 0.575. The molecule has 1 rings (SSSR count). The fourth-order valence-electron chi connectivity index (χ4n) is 1.77. The molecule has 5 heteroatoms. The lowest BCUT2D eigenvalue weighted by Crippen LogP contribution is -2.42. The molecule has 0 spiro atoms. The van der Waals surface area contributed by atoms with Crippen molar-refractivity contribution in [3.8, 4) is 5.75 Å². The number of halogens is 1. The van der Waals surface area contributed by atoms with Crippen molar-refractivity contribution in [3.63, 3.8) is 0 Å². The monoisotopic (exact) mass is 283 g/mol. The zero-order chi connectivity index (χ0) is 15.1. The second-order valence-electron chi connectivity index (χ2n) is 4.95. The van der Waals surface area contributed by atoms with Crippen LogP contribution in [0.4, 0.5) is 4.39 Å². The van der Waals surface area contributed by atoms with E-state index in [0.717, 1.165) is 0 Å². The Kier molecular flexibility index (Phi) is 6.45. The van der Waals surface area contributed by atoms with Crippen molar-refractivity contribution in [2.75, 3.05) is 13.7 Å². The van der Waals surface area contributed by atoms with Crippen LogP contribution in [-0.4, -0.2) is 31.8 Å². The number of carbonyl (C=O) groups excluding carboxylic acids is 1. The Morgan fingerprint density at radius 3 is 2.65 bits per heavy atom. The van der Waals surface area contributed by atoms with Gasteiger partial charge in [-0.3, -0.25) is 4.79 Å². The molecule has 0 aliphatic heterocycles. The van der Waals surface area contributed by atoms with Crippen molar-refractivity contribution in [1.29, 1.82) is 0 Å². The standard InChI is InChI=1S/C15H22FNO3/c1-10(2)17-14(15(18)19-4)7-8-20-12-6-5-11(3)13(16)9-12/h5-6,9-10,14,17H,7-8H2,1-4H3. The van der Waals surface area contributed by atoms with E-state index in [1.807, 2.05) is 13.8 Å². The van der Waals surface area contributed by atoms with E-state index in [2.05, 4.69) is 5.32 Å². The maximum Gasteiger partial charge on any atom is 0.322 e. The Hall–Kier alpha value is -1.62. The van der Waals surface area contributed by atoms with Crippen LogP contribution in [0, 0.1) is 12.7 Å². The summed E-state index contributed by atoms with van der Waals surface area (Å²) in [5, 5.41) is 3.11. The summed E-state index contributed by atoms with van der Waals surface area (Å²) in [6, 6.07) is 4.46. The number of esters is 1. The fraction of sp³-hybridized carbons (Fsp3) is 0.533. The first-order valence-electron chi connectivity index (χ1n) is 6.67. The number of hydrogen-bond acceptors (Lipinski definition) is 4. The third-order valence-electron chi connectivity index (χ3n) is 2.84. The van der Waals surface area contributed by atoms with E-state index in [9.17, 15) is 9.18 Å². The van der Waals surface area contributed by atoms with Crippen LogP contribution < -0.4 is 10.1 Å². The van der Waals surface area contributed by atoms with E-state index in [0.29, 0.717) is 24.3 Å². The molecule has 1 aromatic rings. The number of nitrogens with one attached hydrogen (secondary N) is 1. The lowest BCUT2D eigenvalue weighted by Gasteiger charge is -2.19. The molecule has 1 N–H and O–H groups in total. The van der Waals surface area contributed by atoms with Crippen molar-refractivity contribution in [3.05, 3.63) is 29.6 Å². The molecule has 0 aromatic heterocycles. The first-order valence-corrected chi connectivity index (χ1v) is 6.67. The van der Waals surface area contributed by atoms with Crippen molar-refractivity contribution in [2.24, 2.45) is 0 Å². The van der Waals surface area contributed by atoms with Crippen molar-refractivity contribution in [2.45, 2.75) is 39.3 Å². The molecule has 0 fully saturated rings. The minimum atomic E-state index is -0.421. The van der Waals surface area contributed by atoms with E-state index in [1.54, 1.807) is 19.1 Å². The molecule has 0 aliphatic carbocycles. The van der Waals surface area contributed by atoms with Gasteiger partial charge >= 0.3 is 5.97 Å². The number of aryl methyl sites for hydroxylation is 1. The van der Waals surface area contributed by atoms with E-state index >= 15 is 0 Å². The summed E-state index contributed by atoms with van der Waals surface area (Å²) in [7, 11) is 1.35. The van der Waals surface area contributed by atoms with Crippen LogP contribution in [0.5, 0.6) is 5.75 Å². The van der Waals surface area contributed by atoms with Crippen molar-refractivity contribution >= 4 is 5.97 Å². The van der Waals surface area contributed by atoms with Gasteiger partial charge in [0.1, 0.15) is 17.6 Å². The van der Waals surface area contributed by atoms with Crippen molar-refractivity contribution < 1.29 is 18.7 Å². The zero-order valence-electron chi connectivity index (χ0n) is 12.4. The largest absolute Gasteiger partial charge is 0.493 e. The van der Waals surface area contributed by atoms with Crippen LogP contribution in [0.2, 0.25) is 0 Å². The first kappa shape index (κ1) is 16.4. The molecule has 0 saturated heterocycles. The van der Waals surface area contributed by atoms with Gasteiger partial charge in [0.2, 0.25) is 0 Å². The Balaban J connectivity index is 2.50. The van der Waals surface area contributed by atoms with Gasteiger partial charge in [0.15, 0.2) is 0 Å². The Labute approximate surface area is 119 Å². The van der Waals surface area contributed by atoms with Gasteiger partial charge in [-0.2, -0.15) is 0 Å². The van der Waals surface area contributed by atoms with Gasteiger partial charge < -0.3 is 14.8 Å². The lowest BCUT2D eigenvalue weighted by molar-refractivity contribution is -0.143. The second kappa shape index (κ2) is 7.85. The van der Waals surface area contributed by atoms with Gasteiger partial charge in [-0.1, -0.05) is 19.9 Å². The molecular formula is C15H22FNO3. The third kappa shape index (κ3) is 5.17. The predicted octanol–water partition coefficient (Wildman–Crippen LogP) is 2.44. The molecule has 0 aliphatic rings. The topological polar surface area (TPSA) is 47.6 Å². The minimum absolute atomic E-state index is 0.163. The molecule has 0 heterocycles. The lowest BCUT2D eigenvalue weighted by atomic mass is 10.2. The highest BCUT2D eigenvalue weighted by molar-refractivity contribution is 5.75. The minimum Gasteiger partial charge on any atom is -0.493 e. The van der Waals surface area contributed by atoms with Crippen LogP contribution in [0.1, 0.15) is 25.8 Å². The van der Waals surface area contributed by atoms with Crippen LogP contribution >= 0.6 is 0 Å². The van der Waals surface area contributed by atoms with Crippen LogP contribution in [0.25, 0.3) is 0 Å². The Bertz CT molecular complexity index is 449. The molecule has 0 amide bonds. The normalized spacial score (nSPS) is 12.3. The smallest absolute Gasteiger partial charge is 0.322 e. The number of rotatable bonds is 7. The maximum absolute atomic E-state index is 13.4.